The quantitative estimate of drug-likeness (QED) is 0.868. The van der Waals surface area contributed by atoms with Crippen LogP contribution in [0.4, 0.5) is 5.82 Å². The third-order valence-corrected chi connectivity index (χ3v) is 3.33. The summed E-state index contributed by atoms with van der Waals surface area (Å²) in [5.41, 5.74) is 8.19. The normalized spacial score (nSPS) is 12.8. The molecule has 0 fully saturated rings. The summed E-state index contributed by atoms with van der Waals surface area (Å²) < 4.78 is 2.15. The second-order valence-electron chi connectivity index (χ2n) is 5.27. The Kier molecular flexibility index (Phi) is 4.43. The van der Waals surface area contributed by atoms with Gasteiger partial charge in [-0.15, -0.1) is 0 Å². The molecule has 0 aliphatic carbocycles. The number of nitrogens with zero attached hydrogens (tertiary/aromatic N) is 3. The molecule has 0 aliphatic rings. The highest BCUT2D eigenvalue weighted by Crippen LogP contribution is 2.22. The molecule has 0 saturated heterocycles. The number of rotatable bonds is 6. The molecule has 4 nitrogen and oxygen atoms in total. The molecule has 2 rings (SSSR count). The fourth-order valence-electron chi connectivity index (χ4n) is 2.34. The van der Waals surface area contributed by atoms with E-state index in [1.165, 1.54) is 18.5 Å². The van der Waals surface area contributed by atoms with Crippen molar-refractivity contribution >= 4 is 11.5 Å². The SMILES string of the molecule is CCCCN(C)c1nc2ccccn2c1CC(C)N. The molecular weight excluding hydrogens is 236 g/mol. The Morgan fingerprint density at radius 1 is 1.42 bits per heavy atom. The van der Waals surface area contributed by atoms with Crippen LogP contribution in [0.15, 0.2) is 24.4 Å². The molecule has 0 aromatic carbocycles. The van der Waals surface area contributed by atoms with E-state index in [4.69, 9.17) is 10.7 Å². The van der Waals surface area contributed by atoms with E-state index in [0.29, 0.717) is 0 Å². The molecule has 1 unspecified atom stereocenters. The third kappa shape index (κ3) is 3.07. The van der Waals surface area contributed by atoms with Crippen molar-refractivity contribution in [2.75, 3.05) is 18.5 Å². The predicted octanol–water partition coefficient (Wildman–Crippen LogP) is 2.46. The molecule has 1 atom stereocenters. The van der Waals surface area contributed by atoms with Crippen LogP contribution in [0, 0.1) is 0 Å². The maximum atomic E-state index is 5.98. The van der Waals surface area contributed by atoms with E-state index < -0.39 is 0 Å². The number of anilines is 1. The molecule has 0 radical (unpaired) electrons. The fraction of sp³-hybridized carbons (Fsp3) is 0.533. The topological polar surface area (TPSA) is 46.6 Å². The molecule has 19 heavy (non-hydrogen) atoms. The van der Waals surface area contributed by atoms with Crippen LogP contribution >= 0.6 is 0 Å². The van der Waals surface area contributed by atoms with E-state index in [0.717, 1.165) is 24.4 Å². The van der Waals surface area contributed by atoms with Gasteiger partial charge in [0.2, 0.25) is 0 Å². The molecule has 2 N–H and O–H groups in total. The largest absolute Gasteiger partial charge is 0.358 e. The van der Waals surface area contributed by atoms with Crippen LogP contribution < -0.4 is 10.6 Å². The van der Waals surface area contributed by atoms with E-state index in [2.05, 4.69) is 29.5 Å². The van der Waals surface area contributed by atoms with Gasteiger partial charge in [0.25, 0.3) is 0 Å². The van der Waals surface area contributed by atoms with Crippen LogP contribution in [-0.2, 0) is 6.42 Å². The average Bonchev–Trinajstić information content (AvgIpc) is 2.74. The van der Waals surface area contributed by atoms with Crippen molar-refractivity contribution < 1.29 is 0 Å². The van der Waals surface area contributed by atoms with E-state index >= 15 is 0 Å². The molecule has 2 aromatic rings. The second kappa shape index (κ2) is 6.06. The van der Waals surface area contributed by atoms with Crippen molar-refractivity contribution in [2.24, 2.45) is 5.73 Å². The molecular formula is C15H24N4. The fourth-order valence-corrected chi connectivity index (χ4v) is 2.34. The Morgan fingerprint density at radius 3 is 2.89 bits per heavy atom. The van der Waals surface area contributed by atoms with Crippen LogP contribution in [-0.4, -0.2) is 29.0 Å². The van der Waals surface area contributed by atoms with Crippen LogP contribution in [0.3, 0.4) is 0 Å². The zero-order valence-corrected chi connectivity index (χ0v) is 12.1. The van der Waals surface area contributed by atoms with Gasteiger partial charge >= 0.3 is 0 Å². The smallest absolute Gasteiger partial charge is 0.150 e. The van der Waals surface area contributed by atoms with Gasteiger partial charge in [0, 0.05) is 32.3 Å². The summed E-state index contributed by atoms with van der Waals surface area (Å²) in [6.45, 7) is 5.28. The average molecular weight is 260 g/mol. The van der Waals surface area contributed by atoms with Gasteiger partial charge in [0.15, 0.2) is 5.82 Å². The van der Waals surface area contributed by atoms with Gasteiger partial charge in [0.05, 0.1) is 5.69 Å². The number of nitrogens with two attached hydrogens (primary N) is 1. The van der Waals surface area contributed by atoms with Gasteiger partial charge in [-0.1, -0.05) is 19.4 Å². The summed E-state index contributed by atoms with van der Waals surface area (Å²) in [4.78, 5) is 7.00. The van der Waals surface area contributed by atoms with Crippen LogP contribution in [0.2, 0.25) is 0 Å². The van der Waals surface area contributed by atoms with Crippen molar-refractivity contribution in [3.63, 3.8) is 0 Å². The Bertz CT molecular complexity index is 530. The first-order chi connectivity index (χ1) is 9.13. The van der Waals surface area contributed by atoms with Crippen molar-refractivity contribution in [3.8, 4) is 0 Å². The lowest BCUT2D eigenvalue weighted by atomic mass is 10.2. The zero-order chi connectivity index (χ0) is 13.8. The molecule has 2 heterocycles. The van der Waals surface area contributed by atoms with Gasteiger partial charge in [-0.2, -0.15) is 0 Å². The minimum atomic E-state index is 0.137. The summed E-state index contributed by atoms with van der Waals surface area (Å²) in [5, 5.41) is 0. The summed E-state index contributed by atoms with van der Waals surface area (Å²) >= 11 is 0. The van der Waals surface area contributed by atoms with Crippen molar-refractivity contribution in [1.82, 2.24) is 9.38 Å². The minimum Gasteiger partial charge on any atom is -0.358 e. The van der Waals surface area contributed by atoms with Crippen LogP contribution in [0.25, 0.3) is 5.65 Å². The van der Waals surface area contributed by atoms with Crippen LogP contribution in [0.1, 0.15) is 32.4 Å². The number of fused-ring (bicyclic) bond motifs is 1. The number of aromatic nitrogens is 2. The van der Waals surface area contributed by atoms with Gasteiger partial charge < -0.3 is 15.0 Å². The Hall–Kier alpha value is -1.55. The maximum absolute atomic E-state index is 5.98. The monoisotopic (exact) mass is 260 g/mol. The molecule has 0 saturated carbocycles. The third-order valence-electron chi connectivity index (χ3n) is 3.33. The molecule has 0 aliphatic heterocycles. The van der Waals surface area contributed by atoms with Gasteiger partial charge in [-0.3, -0.25) is 0 Å². The maximum Gasteiger partial charge on any atom is 0.150 e. The standard InChI is InChI=1S/C15H24N4/c1-4-5-9-18(3)15-13(11-12(2)16)19-10-7-6-8-14(19)17-15/h6-8,10,12H,4-5,9,11,16H2,1-3H3. The minimum absolute atomic E-state index is 0.137. The highest BCUT2D eigenvalue weighted by atomic mass is 15.2. The Morgan fingerprint density at radius 2 is 2.21 bits per heavy atom. The number of imidazole rings is 1. The molecule has 104 valence electrons. The van der Waals surface area contributed by atoms with E-state index in [1.54, 1.807) is 0 Å². The summed E-state index contributed by atoms with van der Waals surface area (Å²) in [7, 11) is 2.11. The lowest BCUT2D eigenvalue weighted by Gasteiger charge is -2.18. The molecule has 2 aromatic heterocycles. The Labute approximate surface area is 115 Å². The van der Waals surface area contributed by atoms with Crippen molar-refractivity contribution in [3.05, 3.63) is 30.1 Å². The lowest BCUT2D eigenvalue weighted by Crippen LogP contribution is -2.24. The van der Waals surface area contributed by atoms with E-state index in [-0.39, 0.29) is 6.04 Å². The van der Waals surface area contributed by atoms with Crippen LogP contribution in [0.5, 0.6) is 0 Å². The lowest BCUT2D eigenvalue weighted by molar-refractivity contribution is 0.706. The van der Waals surface area contributed by atoms with Crippen molar-refractivity contribution in [1.29, 1.82) is 0 Å². The first-order valence-corrected chi connectivity index (χ1v) is 7.06. The second-order valence-corrected chi connectivity index (χ2v) is 5.27. The summed E-state index contributed by atoms with van der Waals surface area (Å²) in [6.07, 6.45) is 5.29. The number of hydrogen-bond donors (Lipinski definition) is 1. The molecule has 0 amide bonds. The first-order valence-electron chi connectivity index (χ1n) is 7.06. The number of hydrogen-bond acceptors (Lipinski definition) is 3. The van der Waals surface area contributed by atoms with Gasteiger partial charge in [-0.25, -0.2) is 4.98 Å². The summed E-state index contributed by atoms with van der Waals surface area (Å²) in [5.74, 6) is 1.07. The molecule has 4 heteroatoms. The molecule has 0 spiro atoms. The van der Waals surface area contributed by atoms with Crippen molar-refractivity contribution in [2.45, 2.75) is 39.2 Å². The highest BCUT2D eigenvalue weighted by molar-refractivity contribution is 5.55. The van der Waals surface area contributed by atoms with E-state index in [1.807, 2.05) is 25.1 Å². The highest BCUT2D eigenvalue weighted by Gasteiger charge is 2.16. The predicted molar refractivity (Wildman–Crippen MR) is 80.7 cm³/mol. The number of pyridine rings is 1. The summed E-state index contributed by atoms with van der Waals surface area (Å²) in [6, 6.07) is 6.24. The molecule has 0 bridgehead atoms. The zero-order valence-electron chi connectivity index (χ0n) is 12.1. The van der Waals surface area contributed by atoms with Gasteiger partial charge in [0.1, 0.15) is 5.65 Å². The Balaban J connectivity index is 2.40. The first kappa shape index (κ1) is 13.9. The van der Waals surface area contributed by atoms with E-state index in [9.17, 15) is 0 Å². The van der Waals surface area contributed by atoms with Gasteiger partial charge in [-0.05, 0) is 25.5 Å². The number of unbranched alkanes of at least 4 members (excludes halogenated alkanes) is 1.